The number of nitrogens with zero attached hydrogens (tertiary/aromatic N) is 3. The van der Waals surface area contributed by atoms with Crippen molar-refractivity contribution < 1.29 is 4.79 Å². The van der Waals surface area contributed by atoms with Crippen LogP contribution < -0.4 is 11.1 Å². The van der Waals surface area contributed by atoms with Gasteiger partial charge in [-0.2, -0.15) is 0 Å². The molecule has 0 bridgehead atoms. The molecular formula is C15H19N5O. The Morgan fingerprint density at radius 3 is 2.86 bits per heavy atom. The zero-order valence-corrected chi connectivity index (χ0v) is 12.0. The number of carbonyl (C=O) groups excluding carboxylic acids is 1. The molecule has 110 valence electrons. The largest absolute Gasteiger partial charge is 0.345 e. The number of aryl methyl sites for hydroxylation is 1. The monoisotopic (exact) mass is 285 g/mol. The molecule has 21 heavy (non-hydrogen) atoms. The lowest BCUT2D eigenvalue weighted by Gasteiger charge is -2.17. The predicted octanol–water partition coefficient (Wildman–Crippen LogP) is 1.10. The maximum atomic E-state index is 12.3. The maximum absolute atomic E-state index is 12.3. The van der Waals surface area contributed by atoms with Gasteiger partial charge in [-0.3, -0.25) is 4.79 Å². The molecule has 0 spiro atoms. The molecule has 1 unspecified atom stereocenters. The minimum atomic E-state index is -0.672. The molecular weight excluding hydrogens is 266 g/mol. The maximum Gasteiger partial charge on any atom is 0.242 e. The van der Waals surface area contributed by atoms with Gasteiger partial charge < -0.3 is 15.6 Å². The van der Waals surface area contributed by atoms with Gasteiger partial charge in [0, 0.05) is 13.0 Å². The molecule has 1 aliphatic heterocycles. The molecule has 6 nitrogen and oxygen atoms in total. The summed E-state index contributed by atoms with van der Waals surface area (Å²) in [7, 11) is 0. The van der Waals surface area contributed by atoms with Gasteiger partial charge >= 0.3 is 0 Å². The van der Waals surface area contributed by atoms with E-state index in [2.05, 4.69) is 20.1 Å². The highest BCUT2D eigenvalue weighted by Gasteiger charge is 2.24. The first-order valence-electron chi connectivity index (χ1n) is 7.19. The summed E-state index contributed by atoms with van der Waals surface area (Å²) in [6.45, 7) is 2.83. The Hall–Kier alpha value is -2.21. The SMILES string of the molecule is CC(NC(=O)[C@@H](N)c1ccccc1)c1nnc2n1CCC2. The van der Waals surface area contributed by atoms with Crippen LogP contribution in [-0.2, 0) is 17.8 Å². The molecule has 3 rings (SSSR count). The van der Waals surface area contributed by atoms with E-state index in [1.807, 2.05) is 37.3 Å². The zero-order chi connectivity index (χ0) is 14.8. The number of carbonyl (C=O) groups is 1. The highest BCUT2D eigenvalue weighted by atomic mass is 16.2. The number of amides is 1. The lowest BCUT2D eigenvalue weighted by Crippen LogP contribution is -2.36. The Labute approximate surface area is 123 Å². The summed E-state index contributed by atoms with van der Waals surface area (Å²) < 4.78 is 2.08. The van der Waals surface area contributed by atoms with Crippen molar-refractivity contribution in [1.29, 1.82) is 0 Å². The number of rotatable bonds is 4. The van der Waals surface area contributed by atoms with Crippen molar-refractivity contribution in [2.45, 2.75) is 38.4 Å². The van der Waals surface area contributed by atoms with Gasteiger partial charge in [0.2, 0.25) is 5.91 Å². The molecule has 3 N–H and O–H groups in total. The van der Waals surface area contributed by atoms with Gasteiger partial charge in [0.15, 0.2) is 5.82 Å². The Kier molecular flexibility index (Phi) is 3.70. The first kappa shape index (κ1) is 13.8. The van der Waals surface area contributed by atoms with Crippen LogP contribution >= 0.6 is 0 Å². The van der Waals surface area contributed by atoms with Crippen molar-refractivity contribution in [3.8, 4) is 0 Å². The van der Waals surface area contributed by atoms with E-state index in [9.17, 15) is 4.79 Å². The molecule has 1 aromatic carbocycles. The normalized spacial score (nSPS) is 16.3. The molecule has 0 radical (unpaired) electrons. The number of hydrogen-bond acceptors (Lipinski definition) is 4. The van der Waals surface area contributed by atoms with Crippen molar-refractivity contribution in [3.63, 3.8) is 0 Å². The van der Waals surface area contributed by atoms with E-state index in [0.29, 0.717) is 0 Å². The van der Waals surface area contributed by atoms with E-state index < -0.39 is 6.04 Å². The molecule has 2 heterocycles. The van der Waals surface area contributed by atoms with Crippen molar-refractivity contribution in [1.82, 2.24) is 20.1 Å². The van der Waals surface area contributed by atoms with Crippen LogP contribution in [0, 0.1) is 0 Å². The molecule has 2 aromatic rings. The smallest absolute Gasteiger partial charge is 0.242 e. The van der Waals surface area contributed by atoms with Gasteiger partial charge in [-0.25, -0.2) is 0 Å². The number of nitrogens with one attached hydrogen (secondary N) is 1. The highest BCUT2D eigenvalue weighted by Crippen LogP contribution is 2.19. The number of benzene rings is 1. The van der Waals surface area contributed by atoms with E-state index in [1.54, 1.807) is 0 Å². The van der Waals surface area contributed by atoms with Crippen LogP contribution in [0.3, 0.4) is 0 Å². The van der Waals surface area contributed by atoms with Crippen LogP contribution in [0.15, 0.2) is 30.3 Å². The number of nitrogens with two attached hydrogens (primary N) is 1. The van der Waals surface area contributed by atoms with Crippen LogP contribution in [0.4, 0.5) is 0 Å². The van der Waals surface area contributed by atoms with Gasteiger partial charge in [-0.05, 0) is 18.9 Å². The van der Waals surface area contributed by atoms with Gasteiger partial charge in [0.25, 0.3) is 0 Å². The molecule has 2 atom stereocenters. The third kappa shape index (κ3) is 2.67. The van der Waals surface area contributed by atoms with Crippen molar-refractivity contribution in [2.24, 2.45) is 5.73 Å². The van der Waals surface area contributed by atoms with E-state index >= 15 is 0 Å². The molecule has 0 saturated heterocycles. The quantitative estimate of drug-likeness (QED) is 0.881. The number of hydrogen-bond donors (Lipinski definition) is 2. The van der Waals surface area contributed by atoms with Crippen LogP contribution in [0.25, 0.3) is 0 Å². The Bertz CT molecular complexity index is 637. The Balaban J connectivity index is 1.69. The average Bonchev–Trinajstić information content (AvgIpc) is 3.09. The van der Waals surface area contributed by atoms with Gasteiger partial charge in [-0.15, -0.1) is 10.2 Å². The lowest BCUT2D eigenvalue weighted by molar-refractivity contribution is -0.123. The third-order valence-electron chi connectivity index (χ3n) is 3.83. The number of fused-ring (bicyclic) bond motifs is 1. The fourth-order valence-corrected chi connectivity index (χ4v) is 2.67. The second kappa shape index (κ2) is 5.65. The minimum Gasteiger partial charge on any atom is -0.345 e. The fourth-order valence-electron chi connectivity index (χ4n) is 2.67. The van der Waals surface area contributed by atoms with E-state index in [-0.39, 0.29) is 11.9 Å². The minimum absolute atomic E-state index is 0.202. The van der Waals surface area contributed by atoms with Gasteiger partial charge in [0.1, 0.15) is 11.9 Å². The van der Waals surface area contributed by atoms with Crippen LogP contribution in [0.5, 0.6) is 0 Å². The first-order valence-corrected chi connectivity index (χ1v) is 7.19. The summed E-state index contributed by atoms with van der Waals surface area (Å²) in [6, 6.07) is 8.47. The Morgan fingerprint density at radius 2 is 2.10 bits per heavy atom. The third-order valence-corrected chi connectivity index (χ3v) is 3.83. The molecule has 1 aromatic heterocycles. The molecule has 1 aliphatic rings. The summed E-state index contributed by atoms with van der Waals surface area (Å²) in [5.41, 5.74) is 6.80. The first-order chi connectivity index (χ1) is 10.2. The number of aromatic nitrogens is 3. The summed E-state index contributed by atoms with van der Waals surface area (Å²) in [4.78, 5) is 12.3. The molecule has 0 aliphatic carbocycles. The van der Waals surface area contributed by atoms with Gasteiger partial charge in [0.05, 0.1) is 6.04 Å². The Morgan fingerprint density at radius 1 is 1.33 bits per heavy atom. The van der Waals surface area contributed by atoms with Crippen molar-refractivity contribution >= 4 is 5.91 Å². The lowest BCUT2D eigenvalue weighted by atomic mass is 10.1. The van der Waals surface area contributed by atoms with E-state index in [1.165, 1.54) is 0 Å². The summed E-state index contributed by atoms with van der Waals surface area (Å²) >= 11 is 0. The zero-order valence-electron chi connectivity index (χ0n) is 12.0. The molecule has 0 saturated carbocycles. The topological polar surface area (TPSA) is 85.8 Å². The fraction of sp³-hybridized carbons (Fsp3) is 0.400. The summed E-state index contributed by atoms with van der Waals surface area (Å²) in [5, 5.41) is 11.3. The van der Waals surface area contributed by atoms with Gasteiger partial charge in [-0.1, -0.05) is 30.3 Å². The van der Waals surface area contributed by atoms with E-state index in [4.69, 9.17) is 5.73 Å². The van der Waals surface area contributed by atoms with Crippen LogP contribution in [0.2, 0.25) is 0 Å². The average molecular weight is 285 g/mol. The summed E-state index contributed by atoms with van der Waals surface area (Å²) in [5.74, 6) is 1.60. The second-order valence-electron chi connectivity index (χ2n) is 5.35. The molecule has 1 amide bonds. The van der Waals surface area contributed by atoms with E-state index in [0.717, 1.165) is 36.6 Å². The predicted molar refractivity (Wildman–Crippen MR) is 78.3 cm³/mol. The molecule has 6 heteroatoms. The van der Waals surface area contributed by atoms with Crippen LogP contribution in [-0.4, -0.2) is 20.7 Å². The van der Waals surface area contributed by atoms with Crippen LogP contribution in [0.1, 0.15) is 42.6 Å². The van der Waals surface area contributed by atoms with Crippen molar-refractivity contribution in [2.75, 3.05) is 0 Å². The summed E-state index contributed by atoms with van der Waals surface area (Å²) in [6.07, 6.45) is 2.04. The second-order valence-corrected chi connectivity index (χ2v) is 5.35. The van der Waals surface area contributed by atoms with Crippen molar-refractivity contribution in [3.05, 3.63) is 47.5 Å². The highest BCUT2D eigenvalue weighted by molar-refractivity contribution is 5.83. The standard InChI is InChI=1S/C15H19N5O/c1-10(14-19-18-12-8-5-9-20(12)14)17-15(21)13(16)11-6-3-2-4-7-11/h2-4,6-7,10,13H,5,8-9,16H2,1H3,(H,17,21)/t10?,13-/m0/s1. The molecule has 0 fully saturated rings.